The van der Waals surface area contributed by atoms with Crippen molar-refractivity contribution in [2.45, 2.75) is 31.7 Å². The van der Waals surface area contributed by atoms with Crippen LogP contribution in [-0.4, -0.2) is 24.9 Å². The predicted octanol–water partition coefficient (Wildman–Crippen LogP) is 0.600. The SMILES string of the molecule is CC1(c2nc(CN)co2)CCCS(=O)(=O)C1. The average Bonchev–Trinajstić information content (AvgIpc) is 2.64. The standard InChI is InChI=1S/C10H16N2O3S/c1-10(3-2-4-16(13,14)7-10)9-12-8(5-11)6-15-9/h6H,2-5,7,11H2,1H3. The summed E-state index contributed by atoms with van der Waals surface area (Å²) in [5.74, 6) is 0.883. The van der Waals surface area contributed by atoms with Crippen molar-refractivity contribution in [3.05, 3.63) is 17.8 Å². The molecule has 0 aliphatic carbocycles. The van der Waals surface area contributed by atoms with Gasteiger partial charge in [0.1, 0.15) is 6.26 Å². The highest BCUT2D eigenvalue weighted by molar-refractivity contribution is 7.91. The van der Waals surface area contributed by atoms with Crippen LogP contribution in [0.25, 0.3) is 0 Å². The van der Waals surface area contributed by atoms with Crippen LogP contribution in [0.1, 0.15) is 31.4 Å². The third kappa shape index (κ3) is 2.12. The lowest BCUT2D eigenvalue weighted by Gasteiger charge is -2.29. The van der Waals surface area contributed by atoms with Gasteiger partial charge in [0.15, 0.2) is 9.84 Å². The molecule has 1 aliphatic heterocycles. The third-order valence-electron chi connectivity index (χ3n) is 3.00. The summed E-state index contributed by atoms with van der Waals surface area (Å²) < 4.78 is 28.6. The summed E-state index contributed by atoms with van der Waals surface area (Å²) in [5.41, 5.74) is 5.62. The van der Waals surface area contributed by atoms with Crippen LogP contribution in [0.5, 0.6) is 0 Å². The summed E-state index contributed by atoms with van der Waals surface area (Å²) in [6, 6.07) is 0. The molecule has 2 N–H and O–H groups in total. The molecule has 2 rings (SSSR count). The molecule has 90 valence electrons. The second-order valence-electron chi connectivity index (χ2n) is 4.60. The number of oxazole rings is 1. The highest BCUT2D eigenvalue weighted by Crippen LogP contribution is 2.34. The van der Waals surface area contributed by atoms with E-state index in [-0.39, 0.29) is 11.5 Å². The quantitative estimate of drug-likeness (QED) is 0.823. The van der Waals surface area contributed by atoms with Gasteiger partial charge in [0.25, 0.3) is 0 Å². The second-order valence-corrected chi connectivity index (χ2v) is 6.79. The van der Waals surface area contributed by atoms with E-state index in [0.717, 1.165) is 6.42 Å². The Balaban J connectivity index is 2.31. The van der Waals surface area contributed by atoms with Crippen LogP contribution in [0.2, 0.25) is 0 Å². The Hall–Kier alpha value is -0.880. The van der Waals surface area contributed by atoms with Gasteiger partial charge in [0.05, 0.1) is 22.6 Å². The first-order chi connectivity index (χ1) is 7.45. The first kappa shape index (κ1) is 11.6. The molecule has 1 fully saturated rings. The van der Waals surface area contributed by atoms with Gasteiger partial charge >= 0.3 is 0 Å². The summed E-state index contributed by atoms with van der Waals surface area (Å²) in [4.78, 5) is 4.23. The maximum Gasteiger partial charge on any atom is 0.201 e. The Morgan fingerprint density at radius 1 is 1.62 bits per heavy atom. The first-order valence-corrected chi connectivity index (χ1v) is 7.13. The van der Waals surface area contributed by atoms with E-state index in [1.165, 1.54) is 6.26 Å². The van der Waals surface area contributed by atoms with Crippen LogP contribution >= 0.6 is 0 Å². The zero-order valence-electron chi connectivity index (χ0n) is 9.27. The maximum absolute atomic E-state index is 11.6. The monoisotopic (exact) mass is 244 g/mol. The van der Waals surface area contributed by atoms with Crippen molar-refractivity contribution >= 4 is 9.84 Å². The number of aromatic nitrogens is 1. The van der Waals surface area contributed by atoms with Gasteiger partial charge < -0.3 is 10.2 Å². The minimum Gasteiger partial charge on any atom is -0.448 e. The molecule has 16 heavy (non-hydrogen) atoms. The molecule has 0 bridgehead atoms. The molecule has 5 nitrogen and oxygen atoms in total. The summed E-state index contributed by atoms with van der Waals surface area (Å²) in [7, 11) is -2.97. The van der Waals surface area contributed by atoms with Crippen molar-refractivity contribution in [1.82, 2.24) is 4.98 Å². The van der Waals surface area contributed by atoms with E-state index in [0.29, 0.717) is 24.6 Å². The van der Waals surface area contributed by atoms with Crippen molar-refractivity contribution in [2.75, 3.05) is 11.5 Å². The van der Waals surface area contributed by atoms with Crippen LogP contribution < -0.4 is 5.73 Å². The fourth-order valence-corrected chi connectivity index (χ4v) is 4.13. The summed E-state index contributed by atoms with van der Waals surface area (Å²) in [6.45, 7) is 2.20. The molecule has 0 aromatic carbocycles. The van der Waals surface area contributed by atoms with Crippen LogP contribution in [0, 0.1) is 0 Å². The Labute approximate surface area is 95.0 Å². The van der Waals surface area contributed by atoms with Gasteiger partial charge in [-0.25, -0.2) is 13.4 Å². The van der Waals surface area contributed by atoms with Crippen molar-refractivity contribution in [3.8, 4) is 0 Å². The highest BCUT2D eigenvalue weighted by atomic mass is 32.2. The molecule has 0 amide bonds. The molecule has 0 radical (unpaired) electrons. The molecule has 0 saturated carbocycles. The Kier molecular flexibility index (Phi) is 2.79. The fourth-order valence-electron chi connectivity index (χ4n) is 2.16. The summed E-state index contributed by atoms with van der Waals surface area (Å²) >= 11 is 0. The fraction of sp³-hybridized carbons (Fsp3) is 0.700. The second kappa shape index (κ2) is 3.85. The van der Waals surface area contributed by atoms with Crippen LogP contribution in [0.3, 0.4) is 0 Å². The Morgan fingerprint density at radius 2 is 2.38 bits per heavy atom. The number of nitrogens with zero attached hydrogens (tertiary/aromatic N) is 1. The molecule has 1 unspecified atom stereocenters. The normalized spacial score (nSPS) is 29.1. The lowest BCUT2D eigenvalue weighted by molar-refractivity contribution is 0.339. The molecular weight excluding hydrogens is 228 g/mol. The van der Waals surface area contributed by atoms with E-state index in [2.05, 4.69) is 4.98 Å². The van der Waals surface area contributed by atoms with Crippen LogP contribution in [-0.2, 0) is 21.8 Å². The molecular formula is C10H16N2O3S. The van der Waals surface area contributed by atoms with Crippen molar-refractivity contribution in [1.29, 1.82) is 0 Å². The minimum atomic E-state index is -2.97. The number of nitrogens with two attached hydrogens (primary N) is 1. The molecule has 6 heteroatoms. The molecule has 0 spiro atoms. The topological polar surface area (TPSA) is 86.2 Å². The molecule has 1 saturated heterocycles. The van der Waals surface area contributed by atoms with Gasteiger partial charge in [0.2, 0.25) is 5.89 Å². The Morgan fingerprint density at radius 3 is 2.94 bits per heavy atom. The largest absolute Gasteiger partial charge is 0.448 e. The van der Waals surface area contributed by atoms with E-state index in [1.807, 2.05) is 6.92 Å². The van der Waals surface area contributed by atoms with Crippen LogP contribution in [0.4, 0.5) is 0 Å². The number of rotatable bonds is 2. The van der Waals surface area contributed by atoms with E-state index in [9.17, 15) is 8.42 Å². The van der Waals surface area contributed by atoms with Crippen molar-refractivity contribution in [3.63, 3.8) is 0 Å². The van der Waals surface area contributed by atoms with Crippen LogP contribution in [0.15, 0.2) is 10.7 Å². The van der Waals surface area contributed by atoms with Gasteiger partial charge in [0, 0.05) is 6.54 Å². The summed E-state index contributed by atoms with van der Waals surface area (Å²) in [5, 5.41) is 0. The number of hydrogen-bond donors (Lipinski definition) is 1. The van der Waals surface area contributed by atoms with Gasteiger partial charge in [-0.3, -0.25) is 0 Å². The zero-order valence-corrected chi connectivity index (χ0v) is 10.1. The van der Waals surface area contributed by atoms with Crippen molar-refractivity contribution < 1.29 is 12.8 Å². The minimum absolute atomic E-state index is 0.116. The first-order valence-electron chi connectivity index (χ1n) is 5.31. The smallest absolute Gasteiger partial charge is 0.201 e. The van der Waals surface area contributed by atoms with E-state index in [4.69, 9.17) is 10.2 Å². The van der Waals surface area contributed by atoms with Gasteiger partial charge in [-0.1, -0.05) is 0 Å². The molecule has 1 aromatic heterocycles. The van der Waals surface area contributed by atoms with Gasteiger partial charge in [-0.2, -0.15) is 0 Å². The molecule has 1 atom stereocenters. The zero-order chi connectivity index (χ0) is 11.8. The van der Waals surface area contributed by atoms with Gasteiger partial charge in [-0.05, 0) is 19.8 Å². The van der Waals surface area contributed by atoms with E-state index >= 15 is 0 Å². The maximum atomic E-state index is 11.6. The predicted molar refractivity (Wildman–Crippen MR) is 59.6 cm³/mol. The average molecular weight is 244 g/mol. The highest BCUT2D eigenvalue weighted by Gasteiger charge is 2.40. The molecule has 1 aliphatic rings. The van der Waals surface area contributed by atoms with Gasteiger partial charge in [-0.15, -0.1) is 0 Å². The van der Waals surface area contributed by atoms with E-state index < -0.39 is 15.3 Å². The Bertz CT molecular complexity index is 480. The molecule has 2 heterocycles. The lowest BCUT2D eigenvalue weighted by Crippen LogP contribution is -2.37. The van der Waals surface area contributed by atoms with Crippen molar-refractivity contribution in [2.24, 2.45) is 5.73 Å². The lowest BCUT2D eigenvalue weighted by atomic mass is 9.87. The molecule has 1 aromatic rings. The van der Waals surface area contributed by atoms with E-state index in [1.54, 1.807) is 0 Å². The summed E-state index contributed by atoms with van der Waals surface area (Å²) in [6.07, 6.45) is 2.96. The number of hydrogen-bond acceptors (Lipinski definition) is 5. The number of sulfone groups is 1. The third-order valence-corrected chi connectivity index (χ3v) is 4.99.